The number of aromatic nitrogens is 2. The minimum absolute atomic E-state index is 0.0118. The molecule has 0 spiro atoms. The maximum absolute atomic E-state index is 6.14. The molecule has 3 N–H and O–H groups in total. The van der Waals surface area contributed by atoms with Crippen LogP contribution in [0.15, 0.2) is 30.5 Å². The molecule has 1 aromatic carbocycles. The zero-order valence-corrected chi connectivity index (χ0v) is 13.1. The van der Waals surface area contributed by atoms with E-state index < -0.39 is 0 Å². The minimum atomic E-state index is -0.0118. The first-order valence-corrected chi connectivity index (χ1v) is 7.67. The number of H-pyrrole nitrogens is 1. The molecule has 21 heavy (non-hydrogen) atoms. The van der Waals surface area contributed by atoms with Crippen molar-refractivity contribution in [1.82, 2.24) is 9.97 Å². The summed E-state index contributed by atoms with van der Waals surface area (Å²) in [6.45, 7) is 6.21. The van der Waals surface area contributed by atoms with E-state index in [4.69, 9.17) is 10.5 Å². The van der Waals surface area contributed by atoms with Crippen molar-refractivity contribution in [2.75, 3.05) is 0 Å². The van der Waals surface area contributed by atoms with E-state index in [2.05, 4.69) is 16.9 Å². The molecule has 1 heterocycles. The van der Waals surface area contributed by atoms with E-state index in [0.29, 0.717) is 0 Å². The van der Waals surface area contributed by atoms with Crippen molar-refractivity contribution in [2.45, 2.75) is 52.2 Å². The number of hydrogen-bond acceptors (Lipinski definition) is 3. The van der Waals surface area contributed by atoms with E-state index in [1.54, 1.807) is 0 Å². The molecule has 0 aliphatic rings. The predicted octanol–water partition coefficient (Wildman–Crippen LogP) is 4.05. The van der Waals surface area contributed by atoms with Gasteiger partial charge >= 0.3 is 0 Å². The predicted molar refractivity (Wildman–Crippen MR) is 86.2 cm³/mol. The summed E-state index contributed by atoms with van der Waals surface area (Å²) in [6.07, 6.45) is 5.27. The number of unbranched alkanes of at least 4 members (excludes halogenated alkanes) is 1. The first-order chi connectivity index (χ1) is 10.1. The molecule has 1 atom stereocenters. The molecule has 4 nitrogen and oxygen atoms in total. The largest absolute Gasteiger partial charge is 0.491 e. The quantitative estimate of drug-likeness (QED) is 0.807. The Morgan fingerprint density at radius 1 is 1.24 bits per heavy atom. The summed E-state index contributed by atoms with van der Waals surface area (Å²) in [5, 5.41) is 0. The van der Waals surface area contributed by atoms with Gasteiger partial charge in [-0.2, -0.15) is 0 Å². The van der Waals surface area contributed by atoms with Crippen molar-refractivity contribution >= 4 is 0 Å². The van der Waals surface area contributed by atoms with Gasteiger partial charge in [0.25, 0.3) is 0 Å². The Labute approximate surface area is 126 Å². The van der Waals surface area contributed by atoms with E-state index in [1.807, 2.05) is 44.3 Å². The molecule has 0 saturated heterocycles. The van der Waals surface area contributed by atoms with E-state index in [-0.39, 0.29) is 12.1 Å². The molecular weight excluding hydrogens is 262 g/mol. The van der Waals surface area contributed by atoms with Gasteiger partial charge in [0.2, 0.25) is 0 Å². The van der Waals surface area contributed by atoms with Crippen LogP contribution in [0.3, 0.4) is 0 Å². The van der Waals surface area contributed by atoms with Gasteiger partial charge in [0.05, 0.1) is 24.0 Å². The third-order valence-electron chi connectivity index (χ3n) is 3.35. The third kappa shape index (κ3) is 4.33. The fraction of sp³-hybridized carbons (Fsp3) is 0.471. The summed E-state index contributed by atoms with van der Waals surface area (Å²) in [5.74, 6) is 1.74. The van der Waals surface area contributed by atoms with E-state index in [9.17, 15) is 0 Å². The maximum atomic E-state index is 6.14. The SMILES string of the molecule is CCCCC(N)c1ncc(-c2ccc(OC(C)C)cc2)[nH]1. The highest BCUT2D eigenvalue weighted by Gasteiger charge is 2.10. The summed E-state index contributed by atoms with van der Waals surface area (Å²) in [7, 11) is 0. The number of imidazole rings is 1. The Kier molecular flexibility index (Phi) is 5.39. The van der Waals surface area contributed by atoms with Crippen molar-refractivity contribution in [3.8, 4) is 17.0 Å². The molecule has 2 rings (SSSR count). The lowest BCUT2D eigenvalue weighted by Gasteiger charge is -2.10. The van der Waals surface area contributed by atoms with Gasteiger partial charge < -0.3 is 15.5 Å². The van der Waals surface area contributed by atoms with Gasteiger partial charge in [-0.05, 0) is 50.1 Å². The summed E-state index contributed by atoms with van der Waals surface area (Å²) >= 11 is 0. The lowest BCUT2D eigenvalue weighted by molar-refractivity contribution is 0.242. The molecule has 0 amide bonds. The van der Waals surface area contributed by atoms with E-state index in [1.165, 1.54) is 0 Å². The van der Waals surface area contributed by atoms with Crippen LogP contribution in [0.25, 0.3) is 11.3 Å². The molecule has 2 aromatic rings. The van der Waals surface area contributed by atoms with Crippen LogP contribution in [0.1, 0.15) is 51.9 Å². The number of nitrogens with one attached hydrogen (secondary N) is 1. The molecule has 0 aliphatic carbocycles. The maximum Gasteiger partial charge on any atom is 0.123 e. The van der Waals surface area contributed by atoms with Gasteiger partial charge in [0, 0.05) is 0 Å². The Morgan fingerprint density at radius 2 is 1.95 bits per heavy atom. The standard InChI is InChI=1S/C17H25N3O/c1-4-5-6-15(18)17-19-11-16(20-17)13-7-9-14(10-8-13)21-12(2)3/h7-12,15H,4-6,18H2,1-3H3,(H,19,20). The number of ether oxygens (including phenoxy) is 1. The number of nitrogens with zero attached hydrogens (tertiary/aromatic N) is 1. The highest BCUT2D eigenvalue weighted by molar-refractivity contribution is 5.59. The summed E-state index contributed by atoms with van der Waals surface area (Å²) < 4.78 is 5.65. The van der Waals surface area contributed by atoms with Crippen LogP contribution in [0.4, 0.5) is 0 Å². The Morgan fingerprint density at radius 3 is 2.57 bits per heavy atom. The van der Waals surface area contributed by atoms with Crippen molar-refractivity contribution in [3.05, 3.63) is 36.3 Å². The van der Waals surface area contributed by atoms with Crippen molar-refractivity contribution in [3.63, 3.8) is 0 Å². The van der Waals surface area contributed by atoms with Crippen LogP contribution in [0.5, 0.6) is 5.75 Å². The zero-order valence-electron chi connectivity index (χ0n) is 13.1. The first kappa shape index (κ1) is 15.6. The summed E-state index contributed by atoms with van der Waals surface area (Å²) in [5.41, 5.74) is 8.22. The van der Waals surface area contributed by atoms with Crippen LogP contribution >= 0.6 is 0 Å². The Balaban J connectivity index is 2.06. The number of aromatic amines is 1. The van der Waals surface area contributed by atoms with Gasteiger partial charge in [-0.1, -0.05) is 19.8 Å². The topological polar surface area (TPSA) is 63.9 Å². The number of benzene rings is 1. The molecule has 0 saturated carbocycles. The zero-order chi connectivity index (χ0) is 15.2. The van der Waals surface area contributed by atoms with Crippen molar-refractivity contribution in [1.29, 1.82) is 0 Å². The summed E-state index contributed by atoms with van der Waals surface area (Å²) in [6, 6.07) is 8.01. The second-order valence-corrected chi connectivity index (χ2v) is 5.62. The normalized spacial score (nSPS) is 12.6. The fourth-order valence-electron chi connectivity index (χ4n) is 2.22. The monoisotopic (exact) mass is 287 g/mol. The average Bonchev–Trinajstić information content (AvgIpc) is 2.95. The van der Waals surface area contributed by atoms with Gasteiger partial charge in [-0.15, -0.1) is 0 Å². The fourth-order valence-corrected chi connectivity index (χ4v) is 2.22. The molecule has 114 valence electrons. The van der Waals surface area contributed by atoms with Crippen LogP contribution in [-0.4, -0.2) is 16.1 Å². The smallest absolute Gasteiger partial charge is 0.123 e. The van der Waals surface area contributed by atoms with Gasteiger partial charge in [-0.3, -0.25) is 0 Å². The van der Waals surface area contributed by atoms with Crippen LogP contribution in [0, 0.1) is 0 Å². The number of nitrogens with two attached hydrogens (primary N) is 1. The molecule has 0 bridgehead atoms. The Bertz CT molecular complexity index is 545. The van der Waals surface area contributed by atoms with Crippen LogP contribution in [-0.2, 0) is 0 Å². The number of hydrogen-bond donors (Lipinski definition) is 2. The van der Waals surface area contributed by atoms with E-state index >= 15 is 0 Å². The second-order valence-electron chi connectivity index (χ2n) is 5.62. The van der Waals surface area contributed by atoms with E-state index in [0.717, 1.165) is 42.1 Å². The molecule has 0 aliphatic heterocycles. The van der Waals surface area contributed by atoms with Gasteiger partial charge in [0.15, 0.2) is 0 Å². The lowest BCUT2D eigenvalue weighted by Crippen LogP contribution is -2.11. The Hall–Kier alpha value is -1.81. The molecule has 0 fully saturated rings. The first-order valence-electron chi connectivity index (χ1n) is 7.67. The third-order valence-corrected chi connectivity index (χ3v) is 3.35. The minimum Gasteiger partial charge on any atom is -0.491 e. The highest BCUT2D eigenvalue weighted by atomic mass is 16.5. The lowest BCUT2D eigenvalue weighted by atomic mass is 10.1. The van der Waals surface area contributed by atoms with Crippen molar-refractivity contribution < 1.29 is 4.74 Å². The van der Waals surface area contributed by atoms with Crippen LogP contribution in [0.2, 0.25) is 0 Å². The van der Waals surface area contributed by atoms with Crippen molar-refractivity contribution in [2.24, 2.45) is 5.73 Å². The second kappa shape index (κ2) is 7.27. The summed E-state index contributed by atoms with van der Waals surface area (Å²) in [4.78, 5) is 7.73. The molecule has 1 unspecified atom stereocenters. The molecular formula is C17H25N3O. The van der Waals surface area contributed by atoms with Gasteiger partial charge in [0.1, 0.15) is 11.6 Å². The van der Waals surface area contributed by atoms with Crippen LogP contribution < -0.4 is 10.5 Å². The number of rotatable bonds is 7. The van der Waals surface area contributed by atoms with Gasteiger partial charge in [-0.25, -0.2) is 4.98 Å². The highest BCUT2D eigenvalue weighted by Crippen LogP contribution is 2.23. The average molecular weight is 287 g/mol. The molecule has 4 heteroatoms. The molecule has 0 radical (unpaired) electrons. The molecule has 1 aromatic heterocycles.